The molecule has 0 radical (unpaired) electrons. The van der Waals surface area contributed by atoms with Crippen LogP contribution in [0.1, 0.15) is 43.4 Å². The van der Waals surface area contributed by atoms with Gasteiger partial charge in [0.05, 0.1) is 5.69 Å². The normalized spacial score (nSPS) is 15.1. The van der Waals surface area contributed by atoms with Crippen molar-refractivity contribution in [3.63, 3.8) is 0 Å². The molecule has 1 fully saturated rings. The maximum absolute atomic E-state index is 9.73. The molecule has 1 aliphatic rings. The summed E-state index contributed by atoms with van der Waals surface area (Å²) in [5.74, 6) is 0. The number of piperazine rings is 1. The van der Waals surface area contributed by atoms with Gasteiger partial charge in [-0.05, 0) is 103 Å². The molecule has 3 aromatic carbocycles. The van der Waals surface area contributed by atoms with Gasteiger partial charge in [-0.2, -0.15) is 0 Å². The molecule has 4 rings (SSSR count). The molecular weight excluding hydrogens is 507 g/mol. The van der Waals surface area contributed by atoms with Crippen LogP contribution in [0.5, 0.6) is 0 Å². The Labute approximate surface area is 238 Å². The first-order chi connectivity index (χ1) is 18.5. The first-order valence-electron chi connectivity index (χ1n) is 13.5. The highest BCUT2D eigenvalue weighted by atomic mass is 32.2. The monoisotopic (exact) mass is 547 g/mol. The molecule has 0 atom stereocenters. The van der Waals surface area contributed by atoms with E-state index in [1.54, 1.807) is 23.9 Å². The predicted molar refractivity (Wildman–Crippen MR) is 170 cm³/mol. The van der Waals surface area contributed by atoms with E-state index >= 15 is 0 Å². The summed E-state index contributed by atoms with van der Waals surface area (Å²) in [7, 11) is 0. The fraction of sp³-hybridized carbons (Fsp3) is 0.375. The molecule has 3 aromatic rings. The lowest BCUT2D eigenvalue weighted by atomic mass is 9.87. The van der Waals surface area contributed by atoms with E-state index in [-0.39, 0.29) is 6.61 Å². The lowest BCUT2D eigenvalue weighted by Crippen LogP contribution is -2.48. The molecule has 38 heavy (non-hydrogen) atoms. The van der Waals surface area contributed by atoms with Crippen molar-refractivity contribution in [1.82, 2.24) is 4.90 Å². The molecule has 4 nitrogen and oxygen atoms in total. The van der Waals surface area contributed by atoms with Gasteiger partial charge >= 0.3 is 0 Å². The van der Waals surface area contributed by atoms with Crippen molar-refractivity contribution in [3.8, 4) is 0 Å². The van der Waals surface area contributed by atoms with Crippen molar-refractivity contribution in [3.05, 3.63) is 95.6 Å². The zero-order chi connectivity index (χ0) is 26.9. The van der Waals surface area contributed by atoms with E-state index in [0.717, 1.165) is 39.0 Å². The number of benzene rings is 3. The third-order valence-electron chi connectivity index (χ3n) is 7.27. The van der Waals surface area contributed by atoms with Crippen LogP contribution in [0.15, 0.2) is 78.9 Å². The summed E-state index contributed by atoms with van der Waals surface area (Å²) in [4.78, 5) is 5.06. The van der Waals surface area contributed by atoms with Crippen molar-refractivity contribution in [2.75, 3.05) is 53.9 Å². The summed E-state index contributed by atoms with van der Waals surface area (Å²) in [6.07, 6.45) is 5.75. The summed E-state index contributed by atoms with van der Waals surface area (Å²) in [6, 6.07) is 29.3. The van der Waals surface area contributed by atoms with E-state index in [2.05, 4.69) is 119 Å². The van der Waals surface area contributed by atoms with Crippen LogP contribution >= 0.6 is 23.9 Å². The first kappa shape index (κ1) is 28.6. The molecule has 0 aliphatic carbocycles. The van der Waals surface area contributed by atoms with Gasteiger partial charge in [0, 0.05) is 57.0 Å². The van der Waals surface area contributed by atoms with Crippen LogP contribution in [0, 0.1) is 0 Å². The summed E-state index contributed by atoms with van der Waals surface area (Å²) < 4.78 is 2.21. The fourth-order valence-electron chi connectivity index (χ4n) is 5.19. The maximum atomic E-state index is 9.73. The van der Waals surface area contributed by atoms with Crippen molar-refractivity contribution in [2.24, 2.45) is 0 Å². The second-order valence-corrected chi connectivity index (χ2v) is 11.6. The Kier molecular flexibility index (Phi) is 10.6. The van der Waals surface area contributed by atoms with Crippen LogP contribution in [0.3, 0.4) is 0 Å². The van der Waals surface area contributed by atoms with Crippen molar-refractivity contribution in [2.45, 2.75) is 32.7 Å². The molecule has 202 valence electrons. The van der Waals surface area contributed by atoms with Gasteiger partial charge in [-0.3, -0.25) is 8.61 Å². The number of hydrogen-bond acceptors (Lipinski definition) is 6. The van der Waals surface area contributed by atoms with E-state index in [9.17, 15) is 5.11 Å². The smallest absolute Gasteiger partial charge is 0.0594 e. The minimum atomic E-state index is 0.181. The average molecular weight is 548 g/mol. The van der Waals surface area contributed by atoms with Gasteiger partial charge in [0.25, 0.3) is 0 Å². The van der Waals surface area contributed by atoms with E-state index < -0.39 is 0 Å². The SMILES string of the molecule is CSN(SC)c1ccc(/C(=C(\CCCO)c2ccccc2)c2ccc(N3CCN(C(C)C)CC3)cc2)cc1. The van der Waals surface area contributed by atoms with Gasteiger partial charge in [0.1, 0.15) is 0 Å². The van der Waals surface area contributed by atoms with E-state index in [0.29, 0.717) is 6.04 Å². The molecule has 0 unspecified atom stereocenters. The Bertz CT molecular complexity index is 1150. The third-order valence-corrected chi connectivity index (χ3v) is 9.25. The highest BCUT2D eigenvalue weighted by Gasteiger charge is 2.20. The molecule has 0 saturated carbocycles. The van der Waals surface area contributed by atoms with Gasteiger partial charge in [-0.25, -0.2) is 0 Å². The molecule has 1 saturated heterocycles. The third kappa shape index (κ3) is 6.97. The van der Waals surface area contributed by atoms with Crippen molar-refractivity contribution in [1.29, 1.82) is 0 Å². The molecule has 1 N–H and O–H groups in total. The zero-order valence-corrected chi connectivity index (χ0v) is 24.8. The highest BCUT2D eigenvalue weighted by Crippen LogP contribution is 2.37. The van der Waals surface area contributed by atoms with E-state index in [4.69, 9.17) is 0 Å². The maximum Gasteiger partial charge on any atom is 0.0594 e. The summed E-state index contributed by atoms with van der Waals surface area (Å²) in [5.41, 5.74) is 8.62. The summed E-state index contributed by atoms with van der Waals surface area (Å²) in [6.45, 7) is 9.10. The van der Waals surface area contributed by atoms with Crippen LogP contribution in [0.4, 0.5) is 11.4 Å². The topological polar surface area (TPSA) is 30.0 Å². The van der Waals surface area contributed by atoms with Crippen molar-refractivity contribution < 1.29 is 5.11 Å². The van der Waals surface area contributed by atoms with Crippen LogP contribution in [0.25, 0.3) is 11.1 Å². The molecule has 6 heteroatoms. The molecular formula is C32H41N3OS2. The Morgan fingerprint density at radius 1 is 0.789 bits per heavy atom. The molecule has 0 aromatic heterocycles. The number of aliphatic hydroxyl groups is 1. The van der Waals surface area contributed by atoms with Crippen LogP contribution in [-0.4, -0.2) is 61.3 Å². The summed E-state index contributed by atoms with van der Waals surface area (Å²) in [5, 5.41) is 9.73. The Morgan fingerprint density at radius 3 is 1.89 bits per heavy atom. The lowest BCUT2D eigenvalue weighted by molar-refractivity contribution is 0.209. The van der Waals surface area contributed by atoms with Gasteiger partial charge in [0.2, 0.25) is 0 Å². The second-order valence-electron chi connectivity index (χ2n) is 9.88. The number of hydrogen-bond donors (Lipinski definition) is 1. The second kappa shape index (κ2) is 14.1. The molecule has 1 heterocycles. The standard InChI is InChI=1S/C32H41N3OS2/c1-25(2)33-20-22-34(23-21-33)29-16-12-27(13-17-29)32(28-14-18-30(19-15-28)35(37-3)38-4)31(11-8-24-36)26-9-6-5-7-10-26/h5-7,9-10,12-19,25,36H,8,11,20-24H2,1-4H3/b32-31+. The van der Waals surface area contributed by atoms with Gasteiger partial charge < -0.3 is 10.0 Å². The fourth-order valence-corrected chi connectivity index (χ4v) is 6.46. The van der Waals surface area contributed by atoms with Gasteiger partial charge in [-0.15, -0.1) is 0 Å². The van der Waals surface area contributed by atoms with Gasteiger partial charge in [0.15, 0.2) is 0 Å². The lowest BCUT2D eigenvalue weighted by Gasteiger charge is -2.38. The Hall–Kier alpha value is -2.38. The number of anilines is 2. The van der Waals surface area contributed by atoms with E-state index in [1.807, 2.05) is 0 Å². The van der Waals surface area contributed by atoms with Crippen LogP contribution < -0.4 is 8.61 Å². The predicted octanol–water partition coefficient (Wildman–Crippen LogP) is 7.31. The number of nitrogens with zero attached hydrogens (tertiary/aromatic N) is 3. The quantitative estimate of drug-likeness (QED) is 0.200. The van der Waals surface area contributed by atoms with Crippen LogP contribution in [0.2, 0.25) is 0 Å². The van der Waals surface area contributed by atoms with Crippen molar-refractivity contribution >= 4 is 46.4 Å². The number of allylic oxidation sites excluding steroid dienone is 1. The Morgan fingerprint density at radius 2 is 1.37 bits per heavy atom. The molecule has 1 aliphatic heterocycles. The van der Waals surface area contributed by atoms with Crippen LogP contribution in [-0.2, 0) is 0 Å². The number of aliphatic hydroxyl groups excluding tert-OH is 1. The first-order valence-corrected chi connectivity index (χ1v) is 15.9. The average Bonchev–Trinajstić information content (AvgIpc) is 2.97. The largest absolute Gasteiger partial charge is 0.396 e. The zero-order valence-electron chi connectivity index (χ0n) is 23.1. The van der Waals surface area contributed by atoms with Gasteiger partial charge in [-0.1, -0.05) is 54.6 Å². The minimum absolute atomic E-state index is 0.181. The Balaban J connectivity index is 1.74. The summed E-state index contributed by atoms with van der Waals surface area (Å²) >= 11 is 3.43. The molecule has 0 spiro atoms. The molecule has 0 bridgehead atoms. The minimum Gasteiger partial charge on any atom is -0.396 e. The highest BCUT2D eigenvalue weighted by molar-refractivity contribution is 8.17. The molecule has 0 amide bonds. The number of rotatable bonds is 11. The van der Waals surface area contributed by atoms with E-state index in [1.165, 1.54) is 39.2 Å².